The third kappa shape index (κ3) is 2.70. The van der Waals surface area contributed by atoms with E-state index in [1.807, 2.05) is 0 Å². The van der Waals surface area contributed by atoms with Crippen LogP contribution in [-0.4, -0.2) is 48.2 Å². The van der Waals surface area contributed by atoms with E-state index >= 15 is 0 Å². The summed E-state index contributed by atoms with van der Waals surface area (Å²) in [5, 5.41) is 15.7. The number of nitrogens with zero attached hydrogens (tertiary/aromatic N) is 2. The predicted molar refractivity (Wildman–Crippen MR) is 88.1 cm³/mol. The van der Waals surface area contributed by atoms with Crippen LogP contribution in [-0.2, 0) is 9.47 Å². The molecule has 0 aromatic carbocycles. The summed E-state index contributed by atoms with van der Waals surface area (Å²) in [6.07, 6.45) is 5.22. The molecule has 3 aliphatic heterocycles. The fourth-order valence-corrected chi connectivity index (χ4v) is 5.43. The molecule has 130 valence electrons. The van der Waals surface area contributed by atoms with Crippen molar-refractivity contribution in [2.45, 2.75) is 43.8 Å². The maximum Gasteiger partial charge on any atom is 0.321 e. The Morgan fingerprint density at radius 1 is 1.21 bits per heavy atom. The summed E-state index contributed by atoms with van der Waals surface area (Å²) in [4.78, 5) is 12.1. The number of anilines is 1. The standard InChI is InChI=1S/C16H22N4O3S/c21-15(17-7-9-5-12-10-6-11(10)13(9)23-12)18-16-20-19-14(24-16)8-1-3-22-4-2-8/h8-13H,1-7H2,(H2,17,18,20,21)/t9-,10+,11-,12-,13+/m0/s1. The number of urea groups is 1. The second-order valence-corrected chi connectivity index (χ2v) is 8.37. The van der Waals surface area contributed by atoms with Crippen LogP contribution in [0.5, 0.6) is 0 Å². The lowest BCUT2D eigenvalue weighted by Gasteiger charge is -2.19. The maximum absolute atomic E-state index is 12.1. The van der Waals surface area contributed by atoms with E-state index in [0.717, 1.165) is 49.3 Å². The molecule has 2 amide bonds. The number of rotatable bonds is 4. The van der Waals surface area contributed by atoms with Crippen molar-refractivity contribution in [3.63, 3.8) is 0 Å². The molecule has 7 nitrogen and oxygen atoms in total. The van der Waals surface area contributed by atoms with Gasteiger partial charge in [0.2, 0.25) is 5.13 Å². The van der Waals surface area contributed by atoms with Crippen LogP contribution in [0.2, 0.25) is 0 Å². The van der Waals surface area contributed by atoms with Gasteiger partial charge in [-0.05, 0) is 37.5 Å². The number of aromatic nitrogens is 2. The molecule has 2 N–H and O–H groups in total. The zero-order chi connectivity index (χ0) is 16.1. The van der Waals surface area contributed by atoms with Gasteiger partial charge in [-0.2, -0.15) is 0 Å². The summed E-state index contributed by atoms with van der Waals surface area (Å²) in [5.74, 6) is 2.47. The molecule has 1 aromatic rings. The molecule has 24 heavy (non-hydrogen) atoms. The summed E-state index contributed by atoms with van der Waals surface area (Å²) in [6.45, 7) is 2.24. The SMILES string of the molecule is O=C(NC[C@@H]1C[C@@H]2O[C@H]1[C@H]1C[C@H]12)Nc1nnc(C2CCOCC2)s1. The topological polar surface area (TPSA) is 85.4 Å². The molecule has 4 fully saturated rings. The second-order valence-electron chi connectivity index (χ2n) is 7.37. The zero-order valence-corrected chi connectivity index (χ0v) is 14.3. The molecule has 0 radical (unpaired) electrons. The number of amides is 2. The summed E-state index contributed by atoms with van der Waals surface area (Å²) in [6, 6.07) is -0.195. The Morgan fingerprint density at radius 2 is 2.08 bits per heavy atom. The van der Waals surface area contributed by atoms with Crippen LogP contribution in [0.1, 0.15) is 36.6 Å². The van der Waals surface area contributed by atoms with Crippen molar-refractivity contribution < 1.29 is 14.3 Å². The highest BCUT2D eigenvalue weighted by Crippen LogP contribution is 2.60. The van der Waals surface area contributed by atoms with Gasteiger partial charge in [-0.15, -0.1) is 10.2 Å². The third-order valence-electron chi connectivity index (χ3n) is 5.88. The van der Waals surface area contributed by atoms with Crippen LogP contribution in [0.25, 0.3) is 0 Å². The van der Waals surface area contributed by atoms with E-state index in [4.69, 9.17) is 9.47 Å². The lowest BCUT2D eigenvalue weighted by molar-refractivity contribution is 0.0614. The van der Waals surface area contributed by atoms with Crippen molar-refractivity contribution in [1.29, 1.82) is 0 Å². The minimum Gasteiger partial charge on any atom is -0.381 e. The Morgan fingerprint density at radius 3 is 2.88 bits per heavy atom. The minimum absolute atomic E-state index is 0.195. The fraction of sp³-hybridized carbons (Fsp3) is 0.812. The number of hydrogen-bond acceptors (Lipinski definition) is 6. The molecule has 8 heteroatoms. The average molecular weight is 350 g/mol. The first-order valence-electron chi connectivity index (χ1n) is 8.89. The van der Waals surface area contributed by atoms with Crippen LogP contribution in [0, 0.1) is 17.8 Å². The largest absolute Gasteiger partial charge is 0.381 e. The van der Waals surface area contributed by atoms with E-state index in [1.165, 1.54) is 17.8 Å². The number of carbonyl (C=O) groups is 1. The smallest absolute Gasteiger partial charge is 0.321 e. The molecule has 2 bridgehead atoms. The van der Waals surface area contributed by atoms with Crippen molar-refractivity contribution in [3.05, 3.63) is 5.01 Å². The molecular formula is C16H22N4O3S. The third-order valence-corrected chi connectivity index (χ3v) is 6.88. The van der Waals surface area contributed by atoms with E-state index in [2.05, 4.69) is 20.8 Å². The highest BCUT2D eigenvalue weighted by Gasteiger charge is 2.62. The van der Waals surface area contributed by atoms with Gasteiger partial charge in [0.05, 0.1) is 12.2 Å². The molecule has 4 aliphatic rings. The van der Waals surface area contributed by atoms with Gasteiger partial charge in [-0.1, -0.05) is 11.3 Å². The lowest BCUT2D eigenvalue weighted by Crippen LogP contribution is -2.36. The molecule has 1 saturated carbocycles. The van der Waals surface area contributed by atoms with E-state index in [0.29, 0.717) is 35.7 Å². The number of ether oxygens (including phenoxy) is 2. The van der Waals surface area contributed by atoms with Gasteiger partial charge in [0, 0.05) is 31.6 Å². The summed E-state index contributed by atoms with van der Waals surface area (Å²) in [7, 11) is 0. The number of carbonyl (C=O) groups excluding carboxylic acids is 1. The minimum atomic E-state index is -0.195. The molecule has 0 unspecified atom stereocenters. The van der Waals surface area contributed by atoms with E-state index in [-0.39, 0.29) is 6.03 Å². The molecule has 3 saturated heterocycles. The molecule has 1 aromatic heterocycles. The second kappa shape index (κ2) is 5.93. The molecule has 0 spiro atoms. The molecule has 5 rings (SSSR count). The van der Waals surface area contributed by atoms with Crippen LogP contribution in [0.15, 0.2) is 0 Å². The molecular weight excluding hydrogens is 328 g/mol. The Hall–Kier alpha value is -1.25. The quantitative estimate of drug-likeness (QED) is 0.867. The van der Waals surface area contributed by atoms with Gasteiger partial charge in [-0.3, -0.25) is 5.32 Å². The van der Waals surface area contributed by atoms with Crippen molar-refractivity contribution in [3.8, 4) is 0 Å². The number of hydrogen-bond donors (Lipinski definition) is 2. The normalized spacial score (nSPS) is 37.2. The molecule has 1 aliphatic carbocycles. The van der Waals surface area contributed by atoms with E-state index < -0.39 is 0 Å². The van der Waals surface area contributed by atoms with E-state index in [1.54, 1.807) is 0 Å². The summed E-state index contributed by atoms with van der Waals surface area (Å²) < 4.78 is 11.3. The van der Waals surface area contributed by atoms with E-state index in [9.17, 15) is 4.79 Å². The Kier molecular flexibility index (Phi) is 3.71. The average Bonchev–Trinajstić information content (AvgIpc) is 2.97. The Bertz CT molecular complexity index is 633. The molecule has 4 heterocycles. The Labute approximate surface area is 144 Å². The monoisotopic (exact) mass is 350 g/mol. The van der Waals surface area contributed by atoms with Crippen LogP contribution in [0.4, 0.5) is 9.93 Å². The Balaban J connectivity index is 1.11. The number of fused-ring (bicyclic) bond motifs is 5. The molecule has 5 atom stereocenters. The summed E-state index contributed by atoms with van der Waals surface area (Å²) in [5.41, 5.74) is 0. The lowest BCUT2D eigenvalue weighted by atomic mass is 9.89. The highest BCUT2D eigenvalue weighted by atomic mass is 32.1. The van der Waals surface area contributed by atoms with Crippen molar-refractivity contribution in [1.82, 2.24) is 15.5 Å². The van der Waals surface area contributed by atoms with Crippen molar-refractivity contribution >= 4 is 22.5 Å². The first-order valence-corrected chi connectivity index (χ1v) is 9.71. The first kappa shape index (κ1) is 15.0. The van der Waals surface area contributed by atoms with Gasteiger partial charge in [0.25, 0.3) is 0 Å². The van der Waals surface area contributed by atoms with Gasteiger partial charge < -0.3 is 14.8 Å². The van der Waals surface area contributed by atoms with Gasteiger partial charge in [0.15, 0.2) is 0 Å². The maximum atomic E-state index is 12.1. The zero-order valence-electron chi connectivity index (χ0n) is 13.4. The first-order chi connectivity index (χ1) is 11.8. The van der Waals surface area contributed by atoms with Crippen LogP contribution < -0.4 is 10.6 Å². The summed E-state index contributed by atoms with van der Waals surface area (Å²) >= 11 is 1.47. The van der Waals surface area contributed by atoms with Crippen LogP contribution in [0.3, 0.4) is 0 Å². The van der Waals surface area contributed by atoms with Gasteiger partial charge in [0.1, 0.15) is 5.01 Å². The van der Waals surface area contributed by atoms with Crippen molar-refractivity contribution in [2.24, 2.45) is 17.8 Å². The van der Waals surface area contributed by atoms with Gasteiger partial charge >= 0.3 is 6.03 Å². The fourth-order valence-electron chi connectivity index (χ4n) is 4.53. The van der Waals surface area contributed by atoms with Crippen LogP contribution >= 0.6 is 11.3 Å². The predicted octanol–water partition coefficient (Wildman–Crippen LogP) is 1.98. The highest BCUT2D eigenvalue weighted by molar-refractivity contribution is 7.15. The number of nitrogens with one attached hydrogen (secondary N) is 2. The van der Waals surface area contributed by atoms with Crippen molar-refractivity contribution in [2.75, 3.05) is 25.1 Å². The van der Waals surface area contributed by atoms with Gasteiger partial charge in [-0.25, -0.2) is 4.79 Å².